The molecule has 1 aromatic heterocycles. The highest BCUT2D eigenvalue weighted by atomic mass is 79.9. The van der Waals surface area contributed by atoms with Crippen molar-refractivity contribution in [2.45, 2.75) is 13.5 Å². The number of likely N-dealkylation sites (N-methyl/N-ethyl adjacent to an activating group) is 1. The van der Waals surface area contributed by atoms with Crippen molar-refractivity contribution in [1.82, 2.24) is 10.2 Å². The molecule has 0 radical (unpaired) electrons. The molecule has 4 heteroatoms. The molecule has 0 aliphatic carbocycles. The summed E-state index contributed by atoms with van der Waals surface area (Å²) in [5.74, 6) is 0. The van der Waals surface area contributed by atoms with E-state index in [1.165, 1.54) is 5.56 Å². The van der Waals surface area contributed by atoms with E-state index >= 15 is 0 Å². The molecule has 0 amide bonds. The Kier molecular flexibility index (Phi) is 5.22. The van der Waals surface area contributed by atoms with Gasteiger partial charge in [0.25, 0.3) is 0 Å². The first-order valence-electron chi connectivity index (χ1n) is 4.85. The van der Waals surface area contributed by atoms with Crippen molar-refractivity contribution in [1.29, 1.82) is 0 Å². The van der Waals surface area contributed by atoms with Gasteiger partial charge in [0.2, 0.25) is 0 Å². The Morgan fingerprint density at radius 3 is 2.93 bits per heavy atom. The molecule has 3 nitrogen and oxygen atoms in total. The molecule has 1 rings (SSSR count). The summed E-state index contributed by atoms with van der Waals surface area (Å²) in [6.07, 6.45) is 1.69. The molecule has 0 bridgehead atoms. The van der Waals surface area contributed by atoms with Gasteiger partial charge >= 0.3 is 0 Å². The molecule has 1 aromatic rings. The zero-order valence-corrected chi connectivity index (χ0v) is 10.3. The number of rotatable bonds is 6. The molecular weight excluding hydrogens is 244 g/mol. The van der Waals surface area contributed by atoms with Crippen molar-refractivity contribution in [3.8, 4) is 0 Å². The minimum atomic E-state index is 0.828. The maximum absolute atomic E-state index is 5.13. The molecule has 0 atom stereocenters. The molecule has 14 heavy (non-hydrogen) atoms. The van der Waals surface area contributed by atoms with Gasteiger partial charge in [-0.25, -0.2) is 0 Å². The molecule has 0 aromatic carbocycles. The van der Waals surface area contributed by atoms with Gasteiger partial charge in [0, 0.05) is 25.2 Å². The molecule has 0 aliphatic heterocycles. The lowest BCUT2D eigenvalue weighted by molar-refractivity contribution is 0.348. The smallest absolute Gasteiger partial charge is 0.173 e. The van der Waals surface area contributed by atoms with Crippen LogP contribution in [0.3, 0.4) is 0 Å². The van der Waals surface area contributed by atoms with Gasteiger partial charge in [0.15, 0.2) is 4.67 Å². The summed E-state index contributed by atoms with van der Waals surface area (Å²) in [6.45, 7) is 6.19. The second-order valence-corrected chi connectivity index (χ2v) is 4.01. The predicted molar refractivity (Wildman–Crippen MR) is 61.3 cm³/mol. The lowest BCUT2D eigenvalue weighted by atomic mass is 10.3. The second-order valence-electron chi connectivity index (χ2n) is 3.29. The Balaban J connectivity index is 2.13. The monoisotopic (exact) mass is 260 g/mol. The molecule has 0 unspecified atom stereocenters. The fourth-order valence-corrected chi connectivity index (χ4v) is 1.48. The molecular formula is C10H17BrN2O. The molecule has 0 saturated carbocycles. The molecule has 80 valence electrons. The van der Waals surface area contributed by atoms with Crippen molar-refractivity contribution in [2.24, 2.45) is 0 Å². The number of nitrogens with zero attached hydrogens (tertiary/aromatic N) is 1. The van der Waals surface area contributed by atoms with Crippen LogP contribution in [0.2, 0.25) is 0 Å². The maximum Gasteiger partial charge on any atom is 0.173 e. The van der Waals surface area contributed by atoms with Crippen molar-refractivity contribution < 1.29 is 4.42 Å². The van der Waals surface area contributed by atoms with Crippen LogP contribution >= 0.6 is 15.9 Å². The van der Waals surface area contributed by atoms with Crippen LogP contribution in [-0.2, 0) is 6.54 Å². The van der Waals surface area contributed by atoms with Crippen molar-refractivity contribution in [3.05, 3.63) is 22.6 Å². The Bertz CT molecular complexity index is 262. The molecule has 1 N–H and O–H groups in total. The lowest BCUT2D eigenvalue weighted by Gasteiger charge is -2.13. The number of hydrogen-bond acceptors (Lipinski definition) is 3. The van der Waals surface area contributed by atoms with Gasteiger partial charge in [-0.15, -0.1) is 0 Å². The fraction of sp³-hybridized carbons (Fsp3) is 0.600. The standard InChI is InChI=1S/C10H17BrN2O/c1-3-13(2)6-5-12-8-9-4-7-14-10(9)11/h4,7,12H,3,5-6,8H2,1-2H3. The molecule has 0 fully saturated rings. The lowest BCUT2D eigenvalue weighted by Crippen LogP contribution is -2.28. The van der Waals surface area contributed by atoms with E-state index < -0.39 is 0 Å². The van der Waals surface area contributed by atoms with E-state index in [1.807, 2.05) is 6.07 Å². The Morgan fingerprint density at radius 1 is 1.57 bits per heavy atom. The van der Waals surface area contributed by atoms with Gasteiger partial charge in [-0.3, -0.25) is 0 Å². The first-order chi connectivity index (χ1) is 6.74. The van der Waals surface area contributed by atoms with Gasteiger partial charge in [-0.05, 0) is 35.6 Å². The molecule has 0 aliphatic rings. The molecule has 1 heterocycles. The second kappa shape index (κ2) is 6.22. The number of nitrogens with one attached hydrogen (secondary N) is 1. The Labute approximate surface area is 93.6 Å². The zero-order valence-electron chi connectivity index (χ0n) is 8.72. The average Bonchev–Trinajstić information content (AvgIpc) is 2.58. The number of hydrogen-bond donors (Lipinski definition) is 1. The minimum Gasteiger partial charge on any atom is -0.457 e. The average molecular weight is 261 g/mol. The van der Waals surface area contributed by atoms with Crippen LogP contribution in [0.15, 0.2) is 21.4 Å². The predicted octanol–water partition coefficient (Wildman–Crippen LogP) is 2.08. The van der Waals surface area contributed by atoms with Gasteiger partial charge in [0.05, 0.1) is 6.26 Å². The molecule has 0 spiro atoms. The van der Waals surface area contributed by atoms with Crippen LogP contribution < -0.4 is 5.32 Å². The third-order valence-corrected chi connectivity index (χ3v) is 2.91. The van der Waals surface area contributed by atoms with Crippen LogP contribution in [0.1, 0.15) is 12.5 Å². The highest BCUT2D eigenvalue weighted by Gasteiger charge is 2.01. The fourth-order valence-electron chi connectivity index (χ4n) is 1.10. The van der Waals surface area contributed by atoms with Crippen LogP contribution in [0, 0.1) is 0 Å². The quantitative estimate of drug-likeness (QED) is 0.795. The Hall–Kier alpha value is -0.320. The van der Waals surface area contributed by atoms with E-state index in [1.54, 1.807) is 6.26 Å². The van der Waals surface area contributed by atoms with Gasteiger partial charge in [0.1, 0.15) is 0 Å². The summed E-state index contributed by atoms with van der Waals surface area (Å²) in [6, 6.07) is 1.97. The van der Waals surface area contributed by atoms with E-state index in [2.05, 4.69) is 40.1 Å². The third kappa shape index (κ3) is 3.82. The van der Waals surface area contributed by atoms with Gasteiger partial charge in [-0.1, -0.05) is 6.92 Å². The van der Waals surface area contributed by atoms with Crippen LogP contribution in [0.4, 0.5) is 0 Å². The van der Waals surface area contributed by atoms with Gasteiger partial charge < -0.3 is 14.6 Å². The van der Waals surface area contributed by atoms with Crippen molar-refractivity contribution >= 4 is 15.9 Å². The van der Waals surface area contributed by atoms with E-state index in [0.717, 1.165) is 30.8 Å². The number of furan rings is 1. The normalized spacial score (nSPS) is 11.1. The van der Waals surface area contributed by atoms with Crippen LogP contribution in [0.5, 0.6) is 0 Å². The maximum atomic E-state index is 5.13. The summed E-state index contributed by atoms with van der Waals surface area (Å²) in [5.41, 5.74) is 1.17. The van der Waals surface area contributed by atoms with Crippen molar-refractivity contribution in [2.75, 3.05) is 26.7 Å². The topological polar surface area (TPSA) is 28.4 Å². The Morgan fingerprint density at radius 2 is 2.36 bits per heavy atom. The number of halogens is 1. The van der Waals surface area contributed by atoms with Crippen molar-refractivity contribution in [3.63, 3.8) is 0 Å². The highest BCUT2D eigenvalue weighted by Crippen LogP contribution is 2.16. The summed E-state index contributed by atoms with van der Waals surface area (Å²) >= 11 is 3.34. The SMILES string of the molecule is CCN(C)CCNCc1ccoc1Br. The highest BCUT2D eigenvalue weighted by molar-refractivity contribution is 9.10. The van der Waals surface area contributed by atoms with Crippen LogP contribution in [0.25, 0.3) is 0 Å². The minimum absolute atomic E-state index is 0.828. The summed E-state index contributed by atoms with van der Waals surface area (Å²) in [4.78, 5) is 2.28. The zero-order chi connectivity index (χ0) is 10.4. The third-order valence-electron chi connectivity index (χ3n) is 2.22. The first-order valence-corrected chi connectivity index (χ1v) is 5.64. The largest absolute Gasteiger partial charge is 0.457 e. The van der Waals surface area contributed by atoms with Gasteiger partial charge in [-0.2, -0.15) is 0 Å². The van der Waals surface area contributed by atoms with E-state index in [9.17, 15) is 0 Å². The summed E-state index contributed by atoms with van der Waals surface area (Å²) in [7, 11) is 2.12. The summed E-state index contributed by atoms with van der Waals surface area (Å²) < 4.78 is 5.96. The first kappa shape index (κ1) is 11.8. The van der Waals surface area contributed by atoms with E-state index in [4.69, 9.17) is 4.42 Å². The van der Waals surface area contributed by atoms with Crippen LogP contribution in [-0.4, -0.2) is 31.6 Å². The summed E-state index contributed by atoms with van der Waals surface area (Å²) in [5, 5.41) is 3.36. The van der Waals surface area contributed by atoms with E-state index in [0.29, 0.717) is 0 Å². The van der Waals surface area contributed by atoms with E-state index in [-0.39, 0.29) is 0 Å². The molecule has 0 saturated heterocycles.